The smallest absolute Gasteiger partial charge is 0.261 e. The van der Waals surface area contributed by atoms with Crippen LogP contribution in [-0.4, -0.2) is 38.2 Å². The summed E-state index contributed by atoms with van der Waals surface area (Å²) in [5.74, 6) is -0.794. The molecule has 0 atom stereocenters. The van der Waals surface area contributed by atoms with Crippen LogP contribution in [0.5, 0.6) is 0 Å². The summed E-state index contributed by atoms with van der Waals surface area (Å²) in [7, 11) is -3.70. The molecule has 1 aliphatic heterocycles. The second-order valence-electron chi connectivity index (χ2n) is 5.97. The number of sulfonamides is 1. The Morgan fingerprint density at radius 3 is 2.12 bits per heavy atom. The van der Waals surface area contributed by atoms with Crippen molar-refractivity contribution in [2.45, 2.75) is 18.7 Å². The van der Waals surface area contributed by atoms with Crippen LogP contribution in [0.1, 0.15) is 31.8 Å². The molecule has 0 bridgehead atoms. The second-order valence-corrected chi connectivity index (χ2v) is 7.71. The first-order chi connectivity index (χ1) is 11.8. The van der Waals surface area contributed by atoms with Crippen molar-refractivity contribution in [3.05, 3.63) is 64.7 Å². The van der Waals surface area contributed by atoms with Crippen LogP contribution in [-0.2, 0) is 10.0 Å². The van der Waals surface area contributed by atoms with Crippen LogP contribution in [0.15, 0.2) is 47.4 Å². The van der Waals surface area contributed by atoms with E-state index in [-0.39, 0.29) is 18.0 Å². The van der Waals surface area contributed by atoms with Crippen molar-refractivity contribution in [1.29, 1.82) is 0 Å². The van der Waals surface area contributed by atoms with Gasteiger partial charge in [0.05, 0.1) is 16.0 Å². The number of imide groups is 1. The molecule has 0 saturated heterocycles. The Morgan fingerprint density at radius 1 is 0.960 bits per heavy atom. The predicted octanol–water partition coefficient (Wildman–Crippen LogP) is 1.88. The van der Waals surface area contributed by atoms with Crippen LogP contribution in [0.25, 0.3) is 0 Å². The molecule has 0 radical (unpaired) electrons. The molecule has 2 amide bonds. The van der Waals surface area contributed by atoms with Crippen molar-refractivity contribution in [1.82, 2.24) is 9.62 Å². The summed E-state index contributed by atoms with van der Waals surface area (Å²) in [5.41, 5.74) is 2.32. The Balaban J connectivity index is 1.69. The third kappa shape index (κ3) is 3.20. The molecular formula is C18H18N2O4S. The number of nitrogens with zero attached hydrogens (tertiary/aromatic N) is 1. The molecular weight excluding hydrogens is 340 g/mol. The Bertz CT molecular complexity index is 932. The fourth-order valence-electron chi connectivity index (χ4n) is 2.91. The number of fused-ring (bicyclic) bond motifs is 1. The summed E-state index contributed by atoms with van der Waals surface area (Å²) < 4.78 is 27.3. The number of carbonyl (C=O) groups is 2. The Labute approximate surface area is 146 Å². The monoisotopic (exact) mass is 358 g/mol. The van der Waals surface area contributed by atoms with Gasteiger partial charge in [-0.2, -0.15) is 0 Å². The normalized spacial score (nSPS) is 14.1. The van der Waals surface area contributed by atoms with Crippen LogP contribution in [0.3, 0.4) is 0 Å². The molecule has 0 aromatic heterocycles. The van der Waals surface area contributed by atoms with Crippen LogP contribution in [0.4, 0.5) is 0 Å². The highest BCUT2D eigenvalue weighted by molar-refractivity contribution is 7.89. The largest absolute Gasteiger partial charge is 0.273 e. The molecule has 0 aliphatic carbocycles. The third-order valence-electron chi connectivity index (χ3n) is 4.13. The minimum Gasteiger partial charge on any atom is -0.273 e. The van der Waals surface area contributed by atoms with Gasteiger partial charge in [-0.05, 0) is 37.6 Å². The quantitative estimate of drug-likeness (QED) is 0.827. The van der Waals surface area contributed by atoms with Crippen molar-refractivity contribution in [2.75, 3.05) is 13.1 Å². The number of amides is 2. The van der Waals surface area contributed by atoms with Gasteiger partial charge in [-0.25, -0.2) is 13.1 Å². The summed E-state index contributed by atoms with van der Waals surface area (Å²) in [6.07, 6.45) is 0. The molecule has 25 heavy (non-hydrogen) atoms. The minimum absolute atomic E-state index is 0.0174. The fourth-order valence-corrected chi connectivity index (χ4v) is 4.16. The van der Waals surface area contributed by atoms with Gasteiger partial charge in [0.1, 0.15) is 0 Å². The maximum Gasteiger partial charge on any atom is 0.261 e. The number of hydrogen-bond acceptors (Lipinski definition) is 4. The molecule has 130 valence electrons. The predicted molar refractivity (Wildman–Crippen MR) is 92.9 cm³/mol. The summed E-state index contributed by atoms with van der Waals surface area (Å²) in [6.45, 7) is 3.56. The van der Waals surface area contributed by atoms with E-state index in [1.165, 1.54) is 0 Å². The first kappa shape index (κ1) is 17.3. The Hall–Kier alpha value is -2.51. The van der Waals surface area contributed by atoms with E-state index < -0.39 is 21.8 Å². The van der Waals surface area contributed by atoms with Crippen LogP contribution in [0.2, 0.25) is 0 Å². The summed E-state index contributed by atoms with van der Waals surface area (Å²) >= 11 is 0. The zero-order valence-electron chi connectivity index (χ0n) is 13.9. The van der Waals surface area contributed by atoms with Crippen molar-refractivity contribution < 1.29 is 18.0 Å². The SMILES string of the molecule is Cc1ccc(S(=O)(=O)NCCN2C(=O)c3ccccc3C2=O)c(C)c1. The van der Waals surface area contributed by atoms with E-state index in [1.54, 1.807) is 49.4 Å². The Morgan fingerprint density at radius 2 is 1.56 bits per heavy atom. The number of hydrogen-bond donors (Lipinski definition) is 1. The lowest BCUT2D eigenvalue weighted by molar-refractivity contribution is 0.0657. The number of aryl methyl sites for hydroxylation is 2. The van der Waals surface area contributed by atoms with E-state index in [1.807, 2.05) is 6.92 Å². The molecule has 1 aliphatic rings. The van der Waals surface area contributed by atoms with Crippen LogP contribution < -0.4 is 4.72 Å². The van der Waals surface area contributed by atoms with E-state index in [0.717, 1.165) is 10.5 Å². The van der Waals surface area contributed by atoms with Gasteiger partial charge >= 0.3 is 0 Å². The zero-order valence-corrected chi connectivity index (χ0v) is 14.8. The average Bonchev–Trinajstić information content (AvgIpc) is 2.80. The molecule has 2 aromatic rings. The fraction of sp³-hybridized carbons (Fsp3) is 0.222. The molecule has 3 rings (SSSR count). The lowest BCUT2D eigenvalue weighted by Gasteiger charge is -2.15. The van der Waals surface area contributed by atoms with Gasteiger partial charge < -0.3 is 0 Å². The van der Waals surface area contributed by atoms with Gasteiger partial charge in [0, 0.05) is 13.1 Å². The van der Waals surface area contributed by atoms with Crippen LogP contribution >= 0.6 is 0 Å². The van der Waals surface area contributed by atoms with E-state index in [2.05, 4.69) is 4.72 Å². The van der Waals surface area contributed by atoms with Gasteiger partial charge in [-0.3, -0.25) is 14.5 Å². The van der Waals surface area contributed by atoms with Gasteiger partial charge in [0.15, 0.2) is 0 Å². The van der Waals surface area contributed by atoms with Crippen molar-refractivity contribution in [2.24, 2.45) is 0 Å². The molecule has 1 N–H and O–H groups in total. The van der Waals surface area contributed by atoms with Crippen LogP contribution in [0, 0.1) is 13.8 Å². The van der Waals surface area contributed by atoms with Crippen molar-refractivity contribution in [3.8, 4) is 0 Å². The van der Waals surface area contributed by atoms with E-state index in [0.29, 0.717) is 16.7 Å². The van der Waals surface area contributed by atoms with Crippen molar-refractivity contribution in [3.63, 3.8) is 0 Å². The number of rotatable bonds is 5. The topological polar surface area (TPSA) is 83.6 Å². The first-order valence-corrected chi connectivity index (χ1v) is 9.32. The third-order valence-corrected chi connectivity index (χ3v) is 5.75. The highest BCUT2D eigenvalue weighted by Gasteiger charge is 2.34. The van der Waals surface area contributed by atoms with Gasteiger partial charge in [-0.1, -0.05) is 29.8 Å². The molecule has 0 spiro atoms. The second kappa shape index (κ2) is 6.42. The van der Waals surface area contributed by atoms with Gasteiger partial charge in [0.2, 0.25) is 10.0 Å². The molecule has 1 heterocycles. The summed E-state index contributed by atoms with van der Waals surface area (Å²) in [6, 6.07) is 11.6. The maximum absolute atomic E-state index is 12.4. The summed E-state index contributed by atoms with van der Waals surface area (Å²) in [5, 5.41) is 0. The number of carbonyl (C=O) groups excluding carboxylic acids is 2. The molecule has 0 fully saturated rings. The number of nitrogens with one attached hydrogen (secondary N) is 1. The van der Waals surface area contributed by atoms with E-state index in [4.69, 9.17) is 0 Å². The summed E-state index contributed by atoms with van der Waals surface area (Å²) in [4.78, 5) is 25.8. The zero-order chi connectivity index (χ0) is 18.2. The molecule has 0 unspecified atom stereocenters. The number of benzene rings is 2. The molecule has 6 nitrogen and oxygen atoms in total. The highest BCUT2D eigenvalue weighted by atomic mass is 32.2. The lowest BCUT2D eigenvalue weighted by Crippen LogP contribution is -2.38. The standard InChI is InChI=1S/C18H18N2O4S/c1-12-7-8-16(13(2)11-12)25(23,24)19-9-10-20-17(21)14-5-3-4-6-15(14)18(20)22/h3-8,11,19H,9-10H2,1-2H3. The average molecular weight is 358 g/mol. The van der Waals surface area contributed by atoms with Gasteiger partial charge in [-0.15, -0.1) is 0 Å². The Kier molecular flexibility index (Phi) is 4.45. The first-order valence-electron chi connectivity index (χ1n) is 7.83. The molecule has 0 saturated carbocycles. The van der Waals surface area contributed by atoms with E-state index in [9.17, 15) is 18.0 Å². The lowest BCUT2D eigenvalue weighted by atomic mass is 10.1. The molecule has 2 aromatic carbocycles. The maximum atomic E-state index is 12.4. The van der Waals surface area contributed by atoms with E-state index >= 15 is 0 Å². The highest BCUT2D eigenvalue weighted by Crippen LogP contribution is 2.22. The van der Waals surface area contributed by atoms with Gasteiger partial charge in [0.25, 0.3) is 11.8 Å². The van der Waals surface area contributed by atoms with Crippen molar-refractivity contribution >= 4 is 21.8 Å². The minimum atomic E-state index is -3.70. The molecule has 7 heteroatoms.